The molecule has 0 unspecified atom stereocenters. The quantitative estimate of drug-likeness (QED) is 0.650. The molecule has 1 aromatic rings. The van der Waals surface area contributed by atoms with Gasteiger partial charge in [-0.1, -0.05) is 13.8 Å². The van der Waals surface area contributed by atoms with Crippen LogP contribution in [0.5, 0.6) is 0 Å². The third-order valence-corrected chi connectivity index (χ3v) is 3.00. The third-order valence-electron chi connectivity index (χ3n) is 3.00. The van der Waals surface area contributed by atoms with Gasteiger partial charge in [0.05, 0.1) is 6.54 Å². The van der Waals surface area contributed by atoms with Crippen LogP contribution in [0.2, 0.25) is 0 Å². The number of anilines is 2. The topological polar surface area (TPSA) is 78.9 Å². The van der Waals surface area contributed by atoms with Gasteiger partial charge in [0.15, 0.2) is 0 Å². The number of aryl methyl sites for hydroxylation is 1. The van der Waals surface area contributed by atoms with Gasteiger partial charge in [-0.25, -0.2) is 9.97 Å². The van der Waals surface area contributed by atoms with E-state index in [0.29, 0.717) is 6.54 Å². The average Bonchev–Trinajstić information content (AvgIpc) is 2.47. The van der Waals surface area contributed by atoms with E-state index < -0.39 is 0 Å². The zero-order valence-electron chi connectivity index (χ0n) is 13.5. The van der Waals surface area contributed by atoms with E-state index in [-0.39, 0.29) is 12.5 Å². The number of nitrogens with zero attached hydrogens (tertiary/aromatic N) is 2. The van der Waals surface area contributed by atoms with Crippen molar-refractivity contribution < 1.29 is 4.79 Å². The first-order chi connectivity index (χ1) is 10.1. The summed E-state index contributed by atoms with van der Waals surface area (Å²) in [5.41, 5.74) is 0.944. The highest BCUT2D eigenvalue weighted by Gasteiger charge is 2.11. The molecular weight excluding hydrogens is 266 g/mol. The van der Waals surface area contributed by atoms with Gasteiger partial charge in [0, 0.05) is 25.1 Å². The Labute approximate surface area is 127 Å². The normalized spacial score (nSPS) is 10.3. The SMILES string of the molecule is CCCNC(=O)CNc1nc(CCC)nc(NCC)c1C. The van der Waals surface area contributed by atoms with Gasteiger partial charge < -0.3 is 16.0 Å². The number of aromatic nitrogens is 2. The standard InChI is InChI=1S/C15H27N5O/c1-5-8-12-19-14(16-7-3)11(4)15(20-12)18-10-13(21)17-9-6-2/h5-10H2,1-4H3,(H,17,21)(H2,16,18,19,20). The van der Waals surface area contributed by atoms with E-state index in [1.807, 2.05) is 20.8 Å². The first-order valence-electron chi connectivity index (χ1n) is 7.74. The number of hydrogen-bond acceptors (Lipinski definition) is 5. The monoisotopic (exact) mass is 293 g/mol. The van der Waals surface area contributed by atoms with Crippen molar-refractivity contribution in [3.8, 4) is 0 Å². The van der Waals surface area contributed by atoms with Crippen LogP contribution >= 0.6 is 0 Å². The fraction of sp³-hybridized carbons (Fsp3) is 0.667. The van der Waals surface area contributed by atoms with Gasteiger partial charge in [0.2, 0.25) is 5.91 Å². The summed E-state index contributed by atoms with van der Waals surface area (Å²) in [6, 6.07) is 0. The summed E-state index contributed by atoms with van der Waals surface area (Å²) in [5.74, 6) is 2.36. The predicted molar refractivity (Wildman–Crippen MR) is 86.7 cm³/mol. The lowest BCUT2D eigenvalue weighted by Crippen LogP contribution is -2.30. The van der Waals surface area contributed by atoms with E-state index in [1.54, 1.807) is 0 Å². The molecule has 0 aliphatic rings. The number of carbonyl (C=O) groups is 1. The van der Waals surface area contributed by atoms with Crippen LogP contribution in [0.4, 0.5) is 11.6 Å². The largest absolute Gasteiger partial charge is 0.370 e. The first kappa shape index (κ1) is 17.2. The number of hydrogen-bond donors (Lipinski definition) is 3. The minimum absolute atomic E-state index is 0.0168. The summed E-state index contributed by atoms with van der Waals surface area (Å²) in [7, 11) is 0. The van der Waals surface area contributed by atoms with Crippen LogP contribution in [0.25, 0.3) is 0 Å². The van der Waals surface area contributed by atoms with Gasteiger partial charge in [-0.05, 0) is 26.7 Å². The number of amides is 1. The number of nitrogens with one attached hydrogen (secondary N) is 3. The molecule has 1 aromatic heterocycles. The van der Waals surface area contributed by atoms with E-state index in [2.05, 4.69) is 32.8 Å². The molecule has 1 amide bonds. The summed E-state index contributed by atoms with van der Waals surface area (Å²) in [6.07, 6.45) is 2.75. The van der Waals surface area contributed by atoms with Gasteiger partial charge in [0.1, 0.15) is 17.5 Å². The molecule has 1 heterocycles. The molecule has 118 valence electrons. The van der Waals surface area contributed by atoms with Crippen LogP contribution in [0.15, 0.2) is 0 Å². The Hall–Kier alpha value is -1.85. The van der Waals surface area contributed by atoms with Crippen molar-refractivity contribution in [3.05, 3.63) is 11.4 Å². The summed E-state index contributed by atoms with van der Waals surface area (Å²) < 4.78 is 0. The minimum atomic E-state index is -0.0168. The zero-order valence-corrected chi connectivity index (χ0v) is 13.5. The molecule has 21 heavy (non-hydrogen) atoms. The molecule has 0 atom stereocenters. The number of rotatable bonds is 9. The molecule has 0 saturated carbocycles. The van der Waals surface area contributed by atoms with Gasteiger partial charge in [-0.15, -0.1) is 0 Å². The molecule has 6 nitrogen and oxygen atoms in total. The maximum absolute atomic E-state index is 11.7. The first-order valence-corrected chi connectivity index (χ1v) is 7.74. The van der Waals surface area contributed by atoms with Crippen molar-refractivity contribution >= 4 is 17.5 Å². The van der Waals surface area contributed by atoms with Crippen LogP contribution in [-0.4, -0.2) is 35.5 Å². The molecule has 0 aromatic carbocycles. The molecule has 0 aliphatic carbocycles. The molecule has 1 rings (SSSR count). The summed E-state index contributed by atoms with van der Waals surface area (Å²) in [4.78, 5) is 20.7. The van der Waals surface area contributed by atoms with Gasteiger partial charge >= 0.3 is 0 Å². The Morgan fingerprint density at radius 2 is 1.71 bits per heavy atom. The van der Waals surface area contributed by atoms with E-state index >= 15 is 0 Å². The van der Waals surface area contributed by atoms with Crippen molar-refractivity contribution in [1.29, 1.82) is 0 Å². The molecule has 0 spiro atoms. The van der Waals surface area contributed by atoms with Gasteiger partial charge in [-0.2, -0.15) is 0 Å². The van der Waals surface area contributed by atoms with Gasteiger partial charge in [0.25, 0.3) is 0 Å². The molecule has 0 aliphatic heterocycles. The molecule has 0 fully saturated rings. The van der Waals surface area contributed by atoms with Crippen LogP contribution in [0, 0.1) is 6.92 Å². The second-order valence-corrected chi connectivity index (χ2v) is 4.95. The van der Waals surface area contributed by atoms with E-state index in [4.69, 9.17) is 0 Å². The van der Waals surface area contributed by atoms with Crippen LogP contribution in [0.1, 0.15) is 45.0 Å². The summed E-state index contributed by atoms with van der Waals surface area (Å²) in [5, 5.41) is 9.20. The molecule has 6 heteroatoms. The molecule has 0 saturated heterocycles. The van der Waals surface area contributed by atoms with Crippen molar-refractivity contribution in [3.63, 3.8) is 0 Å². The van der Waals surface area contributed by atoms with E-state index in [9.17, 15) is 4.79 Å². The third kappa shape index (κ3) is 5.57. The highest BCUT2D eigenvalue weighted by atomic mass is 16.1. The highest BCUT2D eigenvalue weighted by molar-refractivity contribution is 5.80. The molecule has 0 bridgehead atoms. The van der Waals surface area contributed by atoms with Crippen molar-refractivity contribution in [2.24, 2.45) is 0 Å². The molecule has 3 N–H and O–H groups in total. The second-order valence-electron chi connectivity index (χ2n) is 4.95. The Balaban J connectivity index is 2.81. The minimum Gasteiger partial charge on any atom is -0.370 e. The lowest BCUT2D eigenvalue weighted by Gasteiger charge is -2.14. The average molecular weight is 293 g/mol. The summed E-state index contributed by atoms with van der Waals surface area (Å²) in [6.45, 7) is 9.86. The van der Waals surface area contributed by atoms with Gasteiger partial charge in [-0.3, -0.25) is 4.79 Å². The maximum Gasteiger partial charge on any atom is 0.239 e. The van der Waals surface area contributed by atoms with E-state index in [0.717, 1.165) is 48.8 Å². The Kier molecular flexibility index (Phi) is 7.50. The van der Waals surface area contributed by atoms with Crippen molar-refractivity contribution in [1.82, 2.24) is 15.3 Å². The highest BCUT2D eigenvalue weighted by Crippen LogP contribution is 2.20. The Bertz CT molecular complexity index is 462. The fourth-order valence-corrected chi connectivity index (χ4v) is 1.90. The zero-order chi connectivity index (χ0) is 15.7. The predicted octanol–water partition coefficient (Wildman–Crippen LogP) is 2.11. The fourth-order valence-electron chi connectivity index (χ4n) is 1.90. The van der Waals surface area contributed by atoms with Crippen molar-refractivity contribution in [2.75, 3.05) is 30.3 Å². The van der Waals surface area contributed by atoms with Crippen LogP contribution in [0.3, 0.4) is 0 Å². The maximum atomic E-state index is 11.7. The Morgan fingerprint density at radius 3 is 2.29 bits per heavy atom. The van der Waals surface area contributed by atoms with E-state index in [1.165, 1.54) is 0 Å². The lowest BCUT2D eigenvalue weighted by molar-refractivity contribution is -0.119. The Morgan fingerprint density at radius 1 is 1.05 bits per heavy atom. The van der Waals surface area contributed by atoms with Crippen LogP contribution in [-0.2, 0) is 11.2 Å². The smallest absolute Gasteiger partial charge is 0.239 e. The lowest BCUT2D eigenvalue weighted by atomic mass is 10.2. The van der Waals surface area contributed by atoms with Crippen LogP contribution < -0.4 is 16.0 Å². The second kappa shape index (κ2) is 9.15. The number of carbonyl (C=O) groups excluding carboxylic acids is 1. The summed E-state index contributed by atoms with van der Waals surface area (Å²) >= 11 is 0. The van der Waals surface area contributed by atoms with Crippen molar-refractivity contribution in [2.45, 2.75) is 47.0 Å². The molecule has 0 radical (unpaired) electrons. The molecular formula is C15H27N5O.